The van der Waals surface area contributed by atoms with Crippen LogP contribution in [0.4, 0.5) is 5.69 Å². The maximum Gasteiger partial charge on any atom is 0.417 e. The summed E-state index contributed by atoms with van der Waals surface area (Å²) in [7, 11) is 1.61. The number of aromatic amines is 1. The lowest BCUT2D eigenvalue weighted by Gasteiger charge is -2.21. The summed E-state index contributed by atoms with van der Waals surface area (Å²) in [6.45, 7) is 4.01. The third-order valence-corrected chi connectivity index (χ3v) is 4.11. The second kappa shape index (κ2) is 6.84. The van der Waals surface area contributed by atoms with Gasteiger partial charge in [0.1, 0.15) is 5.75 Å². The molecule has 0 aliphatic heterocycles. The number of carbonyl (C=O) groups excluding carboxylic acids is 1. The molecule has 1 aromatic heterocycles. The number of rotatable bonds is 5. The molecule has 0 spiro atoms. The smallest absolute Gasteiger partial charge is 0.417 e. The Balaban J connectivity index is 1.85. The van der Waals surface area contributed by atoms with E-state index in [1.807, 2.05) is 38.1 Å². The maximum absolute atomic E-state index is 12.8. The number of H-pyrrole nitrogens is 1. The highest BCUT2D eigenvalue weighted by Crippen LogP contribution is 2.28. The van der Waals surface area contributed by atoms with Crippen LogP contribution in [0.3, 0.4) is 0 Å². The van der Waals surface area contributed by atoms with E-state index in [2.05, 4.69) is 10.3 Å². The monoisotopic (exact) mass is 340 g/mol. The van der Waals surface area contributed by atoms with E-state index in [9.17, 15) is 9.59 Å². The first-order valence-corrected chi connectivity index (χ1v) is 8.05. The number of methoxy groups -OCH3 is 1. The number of benzene rings is 2. The molecule has 0 aliphatic rings. The van der Waals surface area contributed by atoms with Crippen LogP contribution in [0, 0.1) is 5.92 Å². The first-order chi connectivity index (χ1) is 12.0. The van der Waals surface area contributed by atoms with Gasteiger partial charge in [0.25, 0.3) is 0 Å². The topological polar surface area (TPSA) is 84.3 Å². The first kappa shape index (κ1) is 16.8. The van der Waals surface area contributed by atoms with Crippen molar-refractivity contribution in [2.24, 2.45) is 5.92 Å². The molecular weight excluding hydrogens is 320 g/mol. The summed E-state index contributed by atoms with van der Waals surface area (Å²) in [6.07, 6.45) is 0. The third-order valence-electron chi connectivity index (χ3n) is 4.11. The largest absolute Gasteiger partial charge is 0.497 e. The van der Waals surface area contributed by atoms with Gasteiger partial charge >= 0.3 is 5.76 Å². The lowest BCUT2D eigenvalue weighted by atomic mass is 9.87. The van der Waals surface area contributed by atoms with Gasteiger partial charge in [-0.05, 0) is 35.7 Å². The fraction of sp³-hybridized carbons (Fsp3) is 0.263. The number of amides is 1. The Morgan fingerprint density at radius 2 is 1.88 bits per heavy atom. The molecule has 2 N–H and O–H groups in total. The van der Waals surface area contributed by atoms with Gasteiger partial charge in [-0.2, -0.15) is 0 Å². The molecular formula is C19H20N2O4. The maximum atomic E-state index is 12.8. The number of anilines is 1. The quantitative estimate of drug-likeness (QED) is 0.744. The molecule has 0 aliphatic carbocycles. The second-order valence-corrected chi connectivity index (χ2v) is 6.21. The fourth-order valence-corrected chi connectivity index (χ4v) is 2.89. The molecule has 1 heterocycles. The molecule has 130 valence electrons. The first-order valence-electron chi connectivity index (χ1n) is 8.05. The van der Waals surface area contributed by atoms with Crippen molar-refractivity contribution in [2.45, 2.75) is 19.8 Å². The summed E-state index contributed by atoms with van der Waals surface area (Å²) >= 11 is 0. The van der Waals surface area contributed by atoms with Crippen molar-refractivity contribution in [3.8, 4) is 5.75 Å². The van der Waals surface area contributed by atoms with Gasteiger partial charge in [0, 0.05) is 11.8 Å². The van der Waals surface area contributed by atoms with Crippen molar-refractivity contribution in [1.82, 2.24) is 4.98 Å². The highest BCUT2D eigenvalue weighted by molar-refractivity contribution is 5.97. The molecule has 2 aromatic carbocycles. The second-order valence-electron chi connectivity index (χ2n) is 6.21. The molecule has 0 saturated carbocycles. The van der Waals surface area contributed by atoms with Gasteiger partial charge in [-0.1, -0.05) is 26.0 Å². The van der Waals surface area contributed by atoms with Crippen molar-refractivity contribution >= 4 is 22.7 Å². The van der Waals surface area contributed by atoms with Gasteiger partial charge in [-0.25, -0.2) is 4.79 Å². The molecule has 1 atom stereocenters. The number of carbonyl (C=O) groups is 1. The average Bonchev–Trinajstić information content (AvgIpc) is 2.94. The number of nitrogens with one attached hydrogen (secondary N) is 2. The molecule has 25 heavy (non-hydrogen) atoms. The molecule has 6 heteroatoms. The van der Waals surface area contributed by atoms with E-state index in [1.54, 1.807) is 25.3 Å². The number of aromatic nitrogens is 1. The van der Waals surface area contributed by atoms with Gasteiger partial charge in [-0.15, -0.1) is 0 Å². The summed E-state index contributed by atoms with van der Waals surface area (Å²) in [5.41, 5.74) is 2.51. The van der Waals surface area contributed by atoms with E-state index in [0.29, 0.717) is 16.8 Å². The van der Waals surface area contributed by atoms with Gasteiger partial charge in [-0.3, -0.25) is 9.78 Å². The van der Waals surface area contributed by atoms with Crippen LogP contribution in [-0.4, -0.2) is 18.0 Å². The average molecular weight is 340 g/mol. The number of fused-ring (bicyclic) bond motifs is 1. The molecule has 0 fully saturated rings. The Labute approximate surface area is 144 Å². The van der Waals surface area contributed by atoms with Crippen molar-refractivity contribution in [3.05, 3.63) is 58.6 Å². The van der Waals surface area contributed by atoms with Crippen LogP contribution < -0.4 is 15.8 Å². The number of hydrogen-bond donors (Lipinski definition) is 2. The van der Waals surface area contributed by atoms with Gasteiger partial charge in [0.05, 0.1) is 18.5 Å². The number of hydrogen-bond acceptors (Lipinski definition) is 4. The minimum atomic E-state index is -0.517. The Morgan fingerprint density at radius 1 is 1.16 bits per heavy atom. The van der Waals surface area contributed by atoms with Crippen LogP contribution >= 0.6 is 0 Å². The van der Waals surface area contributed by atoms with E-state index in [0.717, 1.165) is 11.3 Å². The minimum Gasteiger partial charge on any atom is -0.497 e. The SMILES string of the molecule is COc1ccc(C(C(=O)Nc2ccc3[nH]c(=O)oc3c2)C(C)C)cc1. The lowest BCUT2D eigenvalue weighted by molar-refractivity contribution is -0.118. The molecule has 1 unspecified atom stereocenters. The van der Waals surface area contributed by atoms with Crippen LogP contribution in [0.15, 0.2) is 51.7 Å². The molecule has 0 radical (unpaired) electrons. The minimum absolute atomic E-state index is 0.113. The van der Waals surface area contributed by atoms with Crippen LogP contribution in [0.2, 0.25) is 0 Å². The molecule has 3 rings (SSSR count). The van der Waals surface area contributed by atoms with Crippen molar-refractivity contribution < 1.29 is 13.9 Å². The highest BCUT2D eigenvalue weighted by Gasteiger charge is 2.24. The van der Waals surface area contributed by atoms with Gasteiger partial charge < -0.3 is 14.5 Å². The highest BCUT2D eigenvalue weighted by atomic mass is 16.5. The third kappa shape index (κ3) is 3.57. The normalized spacial score (nSPS) is 12.3. The molecule has 0 saturated heterocycles. The predicted molar refractivity (Wildman–Crippen MR) is 96.0 cm³/mol. The van der Waals surface area contributed by atoms with Crippen LogP contribution in [0.1, 0.15) is 25.3 Å². The van der Waals surface area contributed by atoms with Crippen molar-refractivity contribution in [2.75, 3.05) is 12.4 Å². The van der Waals surface area contributed by atoms with Gasteiger partial charge in [0.2, 0.25) is 5.91 Å². The van der Waals surface area contributed by atoms with Crippen LogP contribution in [0.5, 0.6) is 5.75 Å². The molecule has 6 nitrogen and oxygen atoms in total. The van der Waals surface area contributed by atoms with Crippen LogP contribution in [0.25, 0.3) is 11.1 Å². The van der Waals surface area contributed by atoms with Crippen molar-refractivity contribution in [3.63, 3.8) is 0 Å². The standard InChI is InChI=1S/C19H20N2O4/c1-11(2)17(12-4-7-14(24-3)8-5-12)18(22)20-13-6-9-15-16(10-13)25-19(23)21-15/h4-11,17H,1-3H3,(H,20,22)(H,21,23). The van der Waals surface area contributed by atoms with E-state index in [4.69, 9.17) is 9.15 Å². The number of oxazole rings is 1. The van der Waals surface area contributed by atoms with Crippen molar-refractivity contribution in [1.29, 1.82) is 0 Å². The van der Waals surface area contributed by atoms with E-state index < -0.39 is 5.76 Å². The van der Waals surface area contributed by atoms with E-state index >= 15 is 0 Å². The summed E-state index contributed by atoms with van der Waals surface area (Å²) < 4.78 is 10.2. The van der Waals surface area contributed by atoms with E-state index in [1.165, 1.54) is 0 Å². The zero-order chi connectivity index (χ0) is 18.0. The molecule has 3 aromatic rings. The van der Waals surface area contributed by atoms with E-state index in [-0.39, 0.29) is 17.7 Å². The zero-order valence-electron chi connectivity index (χ0n) is 14.3. The Kier molecular flexibility index (Phi) is 4.61. The molecule has 0 bridgehead atoms. The zero-order valence-corrected chi connectivity index (χ0v) is 14.3. The van der Waals surface area contributed by atoms with Gasteiger partial charge in [0.15, 0.2) is 5.58 Å². The summed E-state index contributed by atoms with van der Waals surface area (Å²) in [5, 5.41) is 2.91. The Hall–Kier alpha value is -3.02. The predicted octanol–water partition coefficient (Wildman–Crippen LogP) is 3.51. The Morgan fingerprint density at radius 3 is 2.52 bits per heavy atom. The lowest BCUT2D eigenvalue weighted by Crippen LogP contribution is -2.25. The summed E-state index contributed by atoms with van der Waals surface area (Å²) in [6, 6.07) is 12.6. The Bertz CT molecular complexity index is 938. The number of ether oxygens (including phenoxy) is 1. The van der Waals surface area contributed by atoms with Crippen LogP contribution in [-0.2, 0) is 4.79 Å². The summed E-state index contributed by atoms with van der Waals surface area (Å²) in [4.78, 5) is 26.6. The summed E-state index contributed by atoms with van der Waals surface area (Å²) in [5.74, 6) is -0.0732. The molecule has 1 amide bonds. The fourth-order valence-electron chi connectivity index (χ4n) is 2.89.